The van der Waals surface area contributed by atoms with Crippen LogP contribution >= 0.6 is 0 Å². The van der Waals surface area contributed by atoms with Crippen molar-refractivity contribution >= 4 is 16.9 Å². The predicted octanol–water partition coefficient (Wildman–Crippen LogP) is 2.63. The van der Waals surface area contributed by atoms with Gasteiger partial charge < -0.3 is 14.3 Å². The number of esters is 1. The van der Waals surface area contributed by atoms with Crippen molar-refractivity contribution in [3.8, 4) is 5.75 Å². The van der Waals surface area contributed by atoms with E-state index >= 15 is 0 Å². The van der Waals surface area contributed by atoms with Crippen molar-refractivity contribution in [2.24, 2.45) is 0 Å². The lowest BCUT2D eigenvalue weighted by atomic mass is 10.1. The maximum Gasteiger partial charge on any atom is 0.306 e. The summed E-state index contributed by atoms with van der Waals surface area (Å²) in [4.78, 5) is 11.2. The van der Waals surface area contributed by atoms with Gasteiger partial charge in [0.05, 0.1) is 18.3 Å². The molecule has 2 rings (SSSR count). The molecule has 0 unspecified atom stereocenters. The molecule has 0 aliphatic heterocycles. The molecule has 0 atom stereocenters. The number of carbonyl (C=O) groups is 1. The highest BCUT2D eigenvalue weighted by molar-refractivity contribution is 5.85. The monoisotopic (exact) mass is 234 g/mol. The molecule has 1 N–H and O–H groups in total. The van der Waals surface area contributed by atoms with Crippen LogP contribution in [0.25, 0.3) is 11.0 Å². The van der Waals surface area contributed by atoms with E-state index in [2.05, 4.69) is 0 Å². The van der Waals surface area contributed by atoms with Gasteiger partial charge in [-0.3, -0.25) is 4.79 Å². The minimum absolute atomic E-state index is 0.181. The van der Waals surface area contributed by atoms with Crippen molar-refractivity contribution in [2.75, 3.05) is 6.61 Å². The fourth-order valence-electron chi connectivity index (χ4n) is 1.75. The summed E-state index contributed by atoms with van der Waals surface area (Å²) in [6.45, 7) is 2.15. The van der Waals surface area contributed by atoms with Crippen molar-refractivity contribution in [1.82, 2.24) is 0 Å². The SMILES string of the molecule is CCOC(=O)CCc1ccc2occc2c1O. The number of furan rings is 1. The number of ether oxygens (including phenoxy) is 1. The van der Waals surface area contributed by atoms with E-state index in [0.29, 0.717) is 24.0 Å². The van der Waals surface area contributed by atoms with Gasteiger partial charge in [0.2, 0.25) is 0 Å². The van der Waals surface area contributed by atoms with Crippen molar-refractivity contribution in [3.63, 3.8) is 0 Å². The Morgan fingerprint density at radius 1 is 1.41 bits per heavy atom. The summed E-state index contributed by atoms with van der Waals surface area (Å²) in [5.41, 5.74) is 1.37. The second-order valence-electron chi connectivity index (χ2n) is 3.71. The molecule has 4 nitrogen and oxygen atoms in total. The summed E-state index contributed by atoms with van der Waals surface area (Å²) in [6, 6.07) is 5.26. The molecule has 0 aliphatic carbocycles. The zero-order valence-corrected chi connectivity index (χ0v) is 9.60. The standard InChI is InChI=1S/C13H14O4/c1-2-16-12(14)6-4-9-3-5-11-10(13(9)15)7-8-17-11/h3,5,7-8,15H,2,4,6H2,1H3. The molecule has 2 aromatic rings. The third-order valence-corrected chi connectivity index (χ3v) is 2.59. The molecule has 0 fully saturated rings. The summed E-state index contributed by atoms with van der Waals surface area (Å²) in [7, 11) is 0. The first-order valence-electron chi connectivity index (χ1n) is 5.56. The van der Waals surface area contributed by atoms with Gasteiger partial charge in [-0.25, -0.2) is 0 Å². The van der Waals surface area contributed by atoms with E-state index in [0.717, 1.165) is 5.56 Å². The first kappa shape index (κ1) is 11.5. The molecule has 1 aromatic carbocycles. The smallest absolute Gasteiger partial charge is 0.306 e. The zero-order valence-electron chi connectivity index (χ0n) is 9.60. The van der Waals surface area contributed by atoms with Gasteiger partial charge in [0.25, 0.3) is 0 Å². The number of phenols is 1. The molecule has 0 saturated heterocycles. The summed E-state index contributed by atoms with van der Waals surface area (Å²) < 4.78 is 10.0. The number of aromatic hydroxyl groups is 1. The zero-order chi connectivity index (χ0) is 12.3. The normalized spacial score (nSPS) is 10.6. The van der Waals surface area contributed by atoms with Crippen LogP contribution in [0.2, 0.25) is 0 Å². The maximum atomic E-state index is 11.2. The van der Waals surface area contributed by atoms with Gasteiger partial charge in [0.1, 0.15) is 11.3 Å². The van der Waals surface area contributed by atoms with Gasteiger partial charge in [-0.1, -0.05) is 6.07 Å². The van der Waals surface area contributed by atoms with E-state index in [-0.39, 0.29) is 18.1 Å². The number of rotatable bonds is 4. The highest BCUT2D eigenvalue weighted by Crippen LogP contribution is 2.30. The second kappa shape index (κ2) is 4.91. The van der Waals surface area contributed by atoms with Crippen molar-refractivity contribution in [3.05, 3.63) is 30.0 Å². The summed E-state index contributed by atoms with van der Waals surface area (Å²) in [5.74, 6) is -0.0697. The van der Waals surface area contributed by atoms with Crippen molar-refractivity contribution < 1.29 is 19.1 Å². The molecule has 0 spiro atoms. The van der Waals surface area contributed by atoms with Crippen LogP contribution in [0.15, 0.2) is 28.9 Å². The lowest BCUT2D eigenvalue weighted by Crippen LogP contribution is -2.05. The second-order valence-corrected chi connectivity index (χ2v) is 3.71. The molecular weight excluding hydrogens is 220 g/mol. The molecule has 0 amide bonds. The van der Waals surface area contributed by atoms with Gasteiger partial charge in [-0.2, -0.15) is 0 Å². The average Bonchev–Trinajstić information content (AvgIpc) is 2.77. The van der Waals surface area contributed by atoms with Crippen molar-refractivity contribution in [1.29, 1.82) is 0 Å². The first-order valence-corrected chi connectivity index (χ1v) is 5.56. The Morgan fingerprint density at radius 2 is 2.24 bits per heavy atom. The Hall–Kier alpha value is -1.97. The van der Waals surface area contributed by atoms with E-state index < -0.39 is 0 Å². The molecule has 0 bridgehead atoms. The average molecular weight is 234 g/mol. The Balaban J connectivity index is 2.13. The highest BCUT2D eigenvalue weighted by atomic mass is 16.5. The Morgan fingerprint density at radius 3 is 3.00 bits per heavy atom. The van der Waals surface area contributed by atoms with E-state index in [1.54, 1.807) is 25.1 Å². The first-order chi connectivity index (χ1) is 8.22. The molecular formula is C13H14O4. The minimum Gasteiger partial charge on any atom is -0.507 e. The topological polar surface area (TPSA) is 59.7 Å². The number of aryl methyl sites for hydroxylation is 1. The van der Waals surface area contributed by atoms with E-state index in [1.165, 1.54) is 6.26 Å². The molecule has 0 saturated carbocycles. The van der Waals surface area contributed by atoms with Crippen LogP contribution in [-0.2, 0) is 16.0 Å². The number of hydrogen-bond donors (Lipinski definition) is 1. The van der Waals surface area contributed by atoms with Crippen LogP contribution in [0.5, 0.6) is 5.75 Å². The number of phenolic OH excluding ortho intramolecular Hbond substituents is 1. The van der Waals surface area contributed by atoms with Gasteiger partial charge in [-0.15, -0.1) is 0 Å². The molecule has 17 heavy (non-hydrogen) atoms. The number of benzene rings is 1. The lowest BCUT2D eigenvalue weighted by molar-refractivity contribution is -0.143. The number of carbonyl (C=O) groups excluding carboxylic acids is 1. The van der Waals surface area contributed by atoms with Gasteiger partial charge in [-0.05, 0) is 31.0 Å². The molecule has 4 heteroatoms. The van der Waals surface area contributed by atoms with Crippen LogP contribution < -0.4 is 0 Å². The highest BCUT2D eigenvalue weighted by Gasteiger charge is 2.10. The maximum absolute atomic E-state index is 11.2. The number of hydrogen-bond acceptors (Lipinski definition) is 4. The van der Waals surface area contributed by atoms with E-state index in [1.807, 2.05) is 0 Å². The molecule has 0 aliphatic rings. The quantitative estimate of drug-likeness (QED) is 0.826. The number of fused-ring (bicyclic) bond motifs is 1. The third kappa shape index (κ3) is 2.41. The summed E-state index contributed by atoms with van der Waals surface area (Å²) >= 11 is 0. The molecule has 1 heterocycles. The van der Waals surface area contributed by atoms with Crippen LogP contribution in [0.1, 0.15) is 18.9 Å². The fourth-order valence-corrected chi connectivity index (χ4v) is 1.75. The minimum atomic E-state index is -0.251. The van der Waals surface area contributed by atoms with E-state index in [9.17, 15) is 9.90 Å². The predicted molar refractivity (Wildman–Crippen MR) is 62.8 cm³/mol. The van der Waals surface area contributed by atoms with Crippen LogP contribution in [0.3, 0.4) is 0 Å². The molecule has 1 aromatic heterocycles. The van der Waals surface area contributed by atoms with Crippen LogP contribution in [0.4, 0.5) is 0 Å². The van der Waals surface area contributed by atoms with Crippen molar-refractivity contribution in [2.45, 2.75) is 19.8 Å². The Kier molecular flexibility index (Phi) is 3.32. The fraction of sp³-hybridized carbons (Fsp3) is 0.308. The van der Waals surface area contributed by atoms with Gasteiger partial charge >= 0.3 is 5.97 Å². The Bertz CT molecular complexity index is 527. The van der Waals surface area contributed by atoms with E-state index in [4.69, 9.17) is 9.15 Å². The van der Waals surface area contributed by atoms with Crippen LogP contribution in [0, 0.1) is 0 Å². The third-order valence-electron chi connectivity index (χ3n) is 2.59. The largest absolute Gasteiger partial charge is 0.507 e. The van der Waals surface area contributed by atoms with Crippen LogP contribution in [-0.4, -0.2) is 17.7 Å². The van der Waals surface area contributed by atoms with Gasteiger partial charge in [0, 0.05) is 6.42 Å². The molecule has 0 radical (unpaired) electrons. The summed E-state index contributed by atoms with van der Waals surface area (Å²) in [6.07, 6.45) is 2.26. The lowest BCUT2D eigenvalue weighted by Gasteiger charge is -2.05. The molecule has 90 valence electrons. The Labute approximate surface area is 98.8 Å². The summed E-state index contributed by atoms with van der Waals surface area (Å²) in [5, 5.41) is 10.6. The van der Waals surface area contributed by atoms with Gasteiger partial charge in [0.15, 0.2) is 0 Å².